The molecule has 1 aliphatic rings. The second-order valence-electron chi connectivity index (χ2n) is 7.32. The number of nitrogens with two attached hydrogens (primary N) is 1. The van der Waals surface area contributed by atoms with Crippen LogP contribution in [0.2, 0.25) is 0 Å². The number of hydrogen-bond donors (Lipinski definition) is 7. The second-order valence-corrected chi connectivity index (χ2v) is 7.68. The predicted octanol–water partition coefficient (Wildman–Crippen LogP) is -2.27. The molecule has 0 aliphatic carbocycles. The first-order chi connectivity index (χ1) is 15.1. The van der Waals surface area contributed by atoms with E-state index in [1.54, 1.807) is 0 Å². The number of carboxylic acid groups (broad SMARTS) is 2. The fourth-order valence-electron chi connectivity index (χ4n) is 3.32. The van der Waals surface area contributed by atoms with Gasteiger partial charge in [-0.2, -0.15) is 12.6 Å². The van der Waals surface area contributed by atoms with Crippen molar-refractivity contribution >= 4 is 42.3 Å². The lowest BCUT2D eigenvalue weighted by atomic mass is 10.1. The van der Waals surface area contributed by atoms with E-state index in [1.165, 1.54) is 17.4 Å². The molecule has 4 unspecified atom stereocenters. The number of amides is 3. The van der Waals surface area contributed by atoms with Crippen LogP contribution >= 0.6 is 12.6 Å². The number of H-pyrrole nitrogens is 1. The van der Waals surface area contributed by atoms with E-state index in [4.69, 9.17) is 15.9 Å². The molecule has 7 N–H and O–H groups in total. The maximum Gasteiger partial charge on any atom is 0.326 e. The van der Waals surface area contributed by atoms with E-state index in [2.05, 4.69) is 33.2 Å². The van der Waals surface area contributed by atoms with Gasteiger partial charge in [-0.15, -0.1) is 0 Å². The molecule has 1 aromatic heterocycles. The summed E-state index contributed by atoms with van der Waals surface area (Å²) in [6.45, 7) is 0.210. The highest BCUT2D eigenvalue weighted by molar-refractivity contribution is 7.80. The van der Waals surface area contributed by atoms with E-state index in [0.717, 1.165) is 0 Å². The Kier molecular flexibility index (Phi) is 9.02. The summed E-state index contributed by atoms with van der Waals surface area (Å²) in [4.78, 5) is 68.3. The SMILES string of the molecule is NC(CS)C(=O)NC(Cc1cnc[nH]1)C(=O)N1CCCC1C(=O)NC(CC(=O)O)C(=O)O. The summed E-state index contributed by atoms with van der Waals surface area (Å²) in [7, 11) is 0. The van der Waals surface area contributed by atoms with E-state index >= 15 is 0 Å². The Morgan fingerprint density at radius 2 is 1.97 bits per heavy atom. The Bertz CT molecular complexity index is 849. The van der Waals surface area contributed by atoms with Crippen molar-refractivity contribution in [1.29, 1.82) is 0 Å². The first-order valence-corrected chi connectivity index (χ1v) is 10.5. The maximum atomic E-state index is 13.3. The lowest BCUT2D eigenvalue weighted by Crippen LogP contribution is -2.57. The van der Waals surface area contributed by atoms with Crippen LogP contribution in [-0.2, 0) is 30.4 Å². The molecule has 1 aliphatic heterocycles. The third-order valence-electron chi connectivity index (χ3n) is 4.96. The molecular weight excluding hydrogens is 444 g/mol. The highest BCUT2D eigenvalue weighted by atomic mass is 32.1. The molecule has 3 amide bonds. The molecule has 176 valence electrons. The predicted molar refractivity (Wildman–Crippen MR) is 113 cm³/mol. The third kappa shape index (κ3) is 6.68. The van der Waals surface area contributed by atoms with Crippen LogP contribution in [0.4, 0.5) is 0 Å². The van der Waals surface area contributed by atoms with Crippen molar-refractivity contribution in [2.45, 2.75) is 49.9 Å². The van der Waals surface area contributed by atoms with E-state index in [1.807, 2.05) is 0 Å². The Balaban J connectivity index is 2.17. The Hall–Kier alpha value is -3.13. The number of aromatic nitrogens is 2. The number of hydrogen-bond acceptors (Lipinski definition) is 8. The molecule has 2 rings (SSSR count). The van der Waals surface area contributed by atoms with Gasteiger partial charge in [-0.25, -0.2) is 9.78 Å². The van der Waals surface area contributed by atoms with Gasteiger partial charge in [-0.3, -0.25) is 19.2 Å². The van der Waals surface area contributed by atoms with Gasteiger partial charge in [0.2, 0.25) is 17.7 Å². The number of nitrogens with zero attached hydrogens (tertiary/aromatic N) is 2. The number of carbonyl (C=O) groups excluding carboxylic acids is 3. The lowest BCUT2D eigenvalue weighted by Gasteiger charge is -2.29. The maximum absolute atomic E-state index is 13.3. The molecule has 14 heteroatoms. The van der Waals surface area contributed by atoms with Crippen LogP contribution < -0.4 is 16.4 Å². The monoisotopic (exact) mass is 470 g/mol. The van der Waals surface area contributed by atoms with Crippen LogP contribution in [0.15, 0.2) is 12.5 Å². The number of aromatic amines is 1. The fraction of sp³-hybridized carbons (Fsp3) is 0.556. The third-order valence-corrected chi connectivity index (χ3v) is 5.35. The standard InChI is InChI=1S/C18H26N6O7S/c19-10(7-32)15(27)22-11(4-9-6-20-8-21-9)17(29)24-3-1-2-13(24)16(28)23-12(18(30)31)5-14(25)26/h6,8,10-13,32H,1-5,7,19H2,(H,20,21)(H,22,27)(H,23,28)(H,25,26)(H,30,31). The Morgan fingerprint density at radius 1 is 1.25 bits per heavy atom. The van der Waals surface area contributed by atoms with Crippen LogP contribution in [0.5, 0.6) is 0 Å². The summed E-state index contributed by atoms with van der Waals surface area (Å²) in [5.74, 6) is -4.75. The highest BCUT2D eigenvalue weighted by Crippen LogP contribution is 2.20. The highest BCUT2D eigenvalue weighted by Gasteiger charge is 2.39. The average molecular weight is 471 g/mol. The van der Waals surface area contributed by atoms with Gasteiger partial charge < -0.3 is 36.5 Å². The van der Waals surface area contributed by atoms with E-state index in [0.29, 0.717) is 12.1 Å². The number of carboxylic acids is 2. The minimum Gasteiger partial charge on any atom is -0.481 e. The van der Waals surface area contributed by atoms with Crippen LogP contribution in [0.3, 0.4) is 0 Å². The number of likely N-dealkylation sites (tertiary alicyclic amines) is 1. The molecule has 0 aromatic carbocycles. The topological polar surface area (TPSA) is 208 Å². The minimum atomic E-state index is -1.63. The number of nitrogens with one attached hydrogen (secondary N) is 3. The smallest absolute Gasteiger partial charge is 0.326 e. The van der Waals surface area contributed by atoms with E-state index < -0.39 is 60.2 Å². The van der Waals surface area contributed by atoms with Gasteiger partial charge in [0.15, 0.2) is 0 Å². The summed E-state index contributed by atoms with van der Waals surface area (Å²) in [5.41, 5.74) is 6.25. The van der Waals surface area contributed by atoms with Gasteiger partial charge in [-0.1, -0.05) is 0 Å². The largest absolute Gasteiger partial charge is 0.481 e. The summed E-state index contributed by atoms with van der Waals surface area (Å²) in [5, 5.41) is 22.8. The molecule has 0 saturated carbocycles. The molecule has 0 bridgehead atoms. The number of carbonyl (C=O) groups is 5. The number of thiol groups is 1. The van der Waals surface area contributed by atoms with Gasteiger partial charge in [-0.05, 0) is 12.8 Å². The molecule has 1 saturated heterocycles. The molecule has 0 radical (unpaired) electrons. The quantitative estimate of drug-likeness (QED) is 0.174. The fourth-order valence-corrected chi connectivity index (χ4v) is 3.49. The molecular formula is C18H26N6O7S. The minimum absolute atomic E-state index is 0.0610. The van der Waals surface area contributed by atoms with Crippen molar-refractivity contribution < 1.29 is 34.2 Å². The van der Waals surface area contributed by atoms with Crippen molar-refractivity contribution in [3.63, 3.8) is 0 Å². The lowest BCUT2D eigenvalue weighted by molar-refractivity contribution is -0.148. The molecule has 1 fully saturated rings. The second kappa shape index (κ2) is 11.5. The summed E-state index contributed by atoms with van der Waals surface area (Å²) < 4.78 is 0. The van der Waals surface area contributed by atoms with Gasteiger partial charge in [0, 0.05) is 30.6 Å². The molecule has 0 spiro atoms. The first-order valence-electron chi connectivity index (χ1n) is 9.83. The van der Waals surface area contributed by atoms with Crippen molar-refractivity contribution in [3.05, 3.63) is 18.2 Å². The molecule has 1 aromatic rings. The van der Waals surface area contributed by atoms with Crippen LogP contribution in [0, 0.1) is 0 Å². The van der Waals surface area contributed by atoms with Gasteiger partial charge in [0.1, 0.15) is 18.1 Å². The zero-order chi connectivity index (χ0) is 23.8. The van der Waals surface area contributed by atoms with Crippen molar-refractivity contribution in [3.8, 4) is 0 Å². The zero-order valence-electron chi connectivity index (χ0n) is 17.1. The van der Waals surface area contributed by atoms with E-state index in [-0.39, 0.29) is 25.1 Å². The number of rotatable bonds is 11. The normalized spacial score (nSPS) is 18.4. The van der Waals surface area contributed by atoms with Crippen LogP contribution in [0.25, 0.3) is 0 Å². The Morgan fingerprint density at radius 3 is 2.53 bits per heavy atom. The van der Waals surface area contributed by atoms with Crippen molar-refractivity contribution in [2.24, 2.45) is 5.73 Å². The van der Waals surface area contributed by atoms with Crippen molar-refractivity contribution in [1.82, 2.24) is 25.5 Å². The molecule has 4 atom stereocenters. The zero-order valence-corrected chi connectivity index (χ0v) is 18.0. The van der Waals surface area contributed by atoms with E-state index in [9.17, 15) is 24.0 Å². The number of imidazole rings is 1. The average Bonchev–Trinajstić information content (AvgIpc) is 3.43. The molecule has 13 nitrogen and oxygen atoms in total. The Labute approximate surface area is 188 Å². The van der Waals surface area contributed by atoms with Gasteiger partial charge >= 0.3 is 11.9 Å². The van der Waals surface area contributed by atoms with Crippen molar-refractivity contribution in [2.75, 3.05) is 12.3 Å². The van der Waals surface area contributed by atoms with Gasteiger partial charge in [0.25, 0.3) is 0 Å². The molecule has 2 heterocycles. The first kappa shape index (κ1) is 25.1. The molecule has 32 heavy (non-hydrogen) atoms. The number of aliphatic carboxylic acids is 2. The van der Waals surface area contributed by atoms with Crippen LogP contribution in [0.1, 0.15) is 25.0 Å². The summed E-state index contributed by atoms with van der Waals surface area (Å²) >= 11 is 3.98. The summed E-state index contributed by atoms with van der Waals surface area (Å²) in [6, 6.07) is -4.64. The van der Waals surface area contributed by atoms with Gasteiger partial charge in [0.05, 0.1) is 18.8 Å². The van der Waals surface area contributed by atoms with Crippen LogP contribution in [-0.4, -0.2) is 91.2 Å². The summed E-state index contributed by atoms with van der Waals surface area (Å²) in [6.07, 6.45) is 2.90.